The first-order valence-corrected chi connectivity index (χ1v) is 11.7. The van der Waals surface area contributed by atoms with Crippen LogP contribution in [-0.2, 0) is 11.3 Å². The molecule has 0 fully saturated rings. The van der Waals surface area contributed by atoms with Crippen molar-refractivity contribution in [2.24, 2.45) is 5.92 Å². The van der Waals surface area contributed by atoms with E-state index in [-0.39, 0.29) is 17.7 Å². The quantitative estimate of drug-likeness (QED) is 0.532. The Kier molecular flexibility index (Phi) is 6.45. The van der Waals surface area contributed by atoms with Crippen molar-refractivity contribution >= 4 is 11.8 Å². The maximum absolute atomic E-state index is 13.8. The Balaban J connectivity index is 1.69. The molecule has 1 aliphatic rings. The zero-order valence-corrected chi connectivity index (χ0v) is 19.9. The molecule has 0 radical (unpaired) electrons. The summed E-state index contributed by atoms with van der Waals surface area (Å²) < 4.78 is 7.53. The highest BCUT2D eigenvalue weighted by molar-refractivity contribution is 6.00. The summed E-state index contributed by atoms with van der Waals surface area (Å²) in [5.74, 6) is 0.999. The average molecular weight is 448 g/mol. The third kappa shape index (κ3) is 4.47. The fourth-order valence-electron chi connectivity index (χ4n) is 4.52. The van der Waals surface area contributed by atoms with Crippen LogP contribution in [0.5, 0.6) is 0 Å². The number of aromatic nitrogens is 1. The molecule has 0 saturated carbocycles. The first kappa shape index (κ1) is 22.9. The Morgan fingerprint density at radius 2 is 1.79 bits per heavy atom. The van der Waals surface area contributed by atoms with E-state index in [0.717, 1.165) is 17.7 Å². The first-order valence-electron chi connectivity index (χ1n) is 11.7. The number of furan rings is 1. The van der Waals surface area contributed by atoms with Crippen LogP contribution < -0.4 is 5.32 Å². The summed E-state index contributed by atoms with van der Waals surface area (Å²) in [6, 6.07) is 17.5. The van der Waals surface area contributed by atoms with Crippen molar-refractivity contribution in [2.45, 2.75) is 52.1 Å². The number of fused-ring (bicyclic) bond motifs is 1. The van der Waals surface area contributed by atoms with Crippen molar-refractivity contribution in [3.8, 4) is 11.5 Å². The van der Waals surface area contributed by atoms with E-state index in [9.17, 15) is 9.59 Å². The highest BCUT2D eigenvalue weighted by Crippen LogP contribution is 2.34. The second kappa shape index (κ2) is 9.30. The maximum Gasteiger partial charge on any atom is 0.271 e. The van der Waals surface area contributed by atoms with E-state index in [1.54, 1.807) is 11.2 Å². The second-order valence-electron chi connectivity index (χ2n) is 9.61. The largest absolute Gasteiger partial charge is 0.463 e. The van der Waals surface area contributed by atoms with Crippen LogP contribution in [-0.4, -0.2) is 39.9 Å². The molecular formula is C27H33N3O3. The van der Waals surface area contributed by atoms with Gasteiger partial charge in [0.15, 0.2) is 0 Å². The van der Waals surface area contributed by atoms with Crippen LogP contribution in [0.2, 0.25) is 0 Å². The number of rotatable bonds is 8. The van der Waals surface area contributed by atoms with Gasteiger partial charge in [-0.3, -0.25) is 9.59 Å². The highest BCUT2D eigenvalue weighted by Gasteiger charge is 2.48. The standard InChI is InChI=1S/C27H33N3O3/c1-19(2)14-15-28-26(32)27(4)18-29-22(24-11-8-16-33-24)12-13-23(29)25(31)30(27)17-20(3)21-9-6-5-7-10-21/h5-13,16,19-20H,14-15,17-18H2,1-4H3,(H,28,32)/t20-,27+/m0/s1. The molecule has 2 aromatic heterocycles. The first-order chi connectivity index (χ1) is 15.8. The van der Waals surface area contributed by atoms with E-state index in [0.29, 0.717) is 37.0 Å². The summed E-state index contributed by atoms with van der Waals surface area (Å²) in [7, 11) is 0. The Morgan fingerprint density at radius 3 is 2.45 bits per heavy atom. The SMILES string of the molecule is CC(C)CCNC(=O)[C@@]1(C)Cn2c(ccc2-c2ccco2)C(=O)N1C[C@H](C)c1ccccc1. The van der Waals surface area contributed by atoms with E-state index < -0.39 is 5.54 Å². The fraction of sp³-hybridized carbons (Fsp3) is 0.407. The summed E-state index contributed by atoms with van der Waals surface area (Å²) in [6.07, 6.45) is 2.51. The van der Waals surface area contributed by atoms with Gasteiger partial charge >= 0.3 is 0 Å². The molecular weight excluding hydrogens is 414 g/mol. The van der Waals surface area contributed by atoms with E-state index in [1.165, 1.54) is 0 Å². The monoisotopic (exact) mass is 447 g/mol. The molecule has 0 saturated heterocycles. The molecule has 4 rings (SSSR count). The van der Waals surface area contributed by atoms with Crippen LogP contribution in [0, 0.1) is 5.92 Å². The molecule has 0 spiro atoms. The molecule has 6 heteroatoms. The molecule has 174 valence electrons. The summed E-state index contributed by atoms with van der Waals surface area (Å²) in [4.78, 5) is 29.1. The molecule has 0 bridgehead atoms. The number of carbonyl (C=O) groups is 2. The summed E-state index contributed by atoms with van der Waals surface area (Å²) >= 11 is 0. The normalized spacial score (nSPS) is 18.9. The number of carbonyl (C=O) groups excluding carboxylic acids is 2. The Bertz CT molecular complexity index is 1100. The van der Waals surface area contributed by atoms with E-state index in [4.69, 9.17) is 4.42 Å². The van der Waals surface area contributed by atoms with Crippen molar-refractivity contribution in [3.63, 3.8) is 0 Å². The minimum atomic E-state index is -1.02. The van der Waals surface area contributed by atoms with Gasteiger partial charge in [-0.1, -0.05) is 51.1 Å². The van der Waals surface area contributed by atoms with E-state index in [2.05, 4.69) is 38.2 Å². The number of nitrogens with zero attached hydrogens (tertiary/aromatic N) is 2. The Hall–Kier alpha value is -3.28. The topological polar surface area (TPSA) is 67.5 Å². The third-order valence-electron chi connectivity index (χ3n) is 6.60. The lowest BCUT2D eigenvalue weighted by Crippen LogP contribution is -2.64. The number of amides is 2. The predicted molar refractivity (Wildman–Crippen MR) is 129 cm³/mol. The lowest BCUT2D eigenvalue weighted by atomic mass is 9.91. The number of hydrogen-bond donors (Lipinski definition) is 1. The fourth-order valence-corrected chi connectivity index (χ4v) is 4.52. The van der Waals surface area contributed by atoms with E-state index in [1.807, 2.05) is 54.0 Å². The lowest BCUT2D eigenvalue weighted by Gasteiger charge is -2.45. The number of nitrogens with one attached hydrogen (secondary N) is 1. The second-order valence-corrected chi connectivity index (χ2v) is 9.61. The number of benzene rings is 1. The van der Waals surface area contributed by atoms with Gasteiger partial charge in [-0.25, -0.2) is 0 Å². The Labute approximate surface area is 195 Å². The number of hydrogen-bond acceptors (Lipinski definition) is 3. The molecule has 33 heavy (non-hydrogen) atoms. The minimum Gasteiger partial charge on any atom is -0.463 e. The maximum atomic E-state index is 13.8. The van der Waals surface area contributed by atoms with Crippen LogP contribution in [0.1, 0.15) is 56.1 Å². The molecule has 1 aromatic carbocycles. The van der Waals surface area contributed by atoms with Gasteiger partial charge in [0.05, 0.1) is 18.5 Å². The van der Waals surface area contributed by atoms with Gasteiger partial charge < -0.3 is 19.2 Å². The summed E-state index contributed by atoms with van der Waals surface area (Å²) in [6.45, 7) is 9.65. The Morgan fingerprint density at radius 1 is 1.06 bits per heavy atom. The van der Waals surface area contributed by atoms with Gasteiger partial charge in [-0.15, -0.1) is 0 Å². The zero-order valence-electron chi connectivity index (χ0n) is 19.9. The predicted octanol–water partition coefficient (Wildman–Crippen LogP) is 4.93. The van der Waals surface area contributed by atoms with Crippen LogP contribution in [0.4, 0.5) is 0 Å². The van der Waals surface area contributed by atoms with Crippen molar-refractivity contribution in [1.29, 1.82) is 0 Å². The average Bonchev–Trinajstić information content (AvgIpc) is 3.46. The molecule has 3 aromatic rings. The van der Waals surface area contributed by atoms with Crippen molar-refractivity contribution in [1.82, 2.24) is 14.8 Å². The molecule has 2 amide bonds. The third-order valence-corrected chi connectivity index (χ3v) is 6.60. The summed E-state index contributed by atoms with van der Waals surface area (Å²) in [5, 5.41) is 3.10. The molecule has 6 nitrogen and oxygen atoms in total. The summed E-state index contributed by atoms with van der Waals surface area (Å²) in [5.41, 5.74) is 1.50. The molecule has 0 unspecified atom stereocenters. The van der Waals surface area contributed by atoms with Gasteiger partial charge in [0.25, 0.3) is 5.91 Å². The van der Waals surface area contributed by atoms with Gasteiger partial charge in [0.2, 0.25) is 5.91 Å². The van der Waals surface area contributed by atoms with Crippen LogP contribution in [0.25, 0.3) is 11.5 Å². The molecule has 2 atom stereocenters. The lowest BCUT2D eigenvalue weighted by molar-refractivity contribution is -0.133. The minimum absolute atomic E-state index is 0.0870. The molecule has 0 aliphatic carbocycles. The molecule has 3 heterocycles. The van der Waals surface area contributed by atoms with Crippen LogP contribution >= 0.6 is 0 Å². The highest BCUT2D eigenvalue weighted by atomic mass is 16.3. The van der Waals surface area contributed by atoms with Crippen LogP contribution in [0.15, 0.2) is 65.3 Å². The van der Waals surface area contributed by atoms with Crippen molar-refractivity contribution in [3.05, 3.63) is 72.1 Å². The zero-order chi connectivity index (χ0) is 23.6. The van der Waals surface area contributed by atoms with Gasteiger partial charge in [-0.2, -0.15) is 0 Å². The molecule has 1 aliphatic heterocycles. The molecule has 1 N–H and O–H groups in total. The van der Waals surface area contributed by atoms with E-state index >= 15 is 0 Å². The van der Waals surface area contributed by atoms with Crippen molar-refractivity contribution < 1.29 is 14.0 Å². The van der Waals surface area contributed by atoms with Gasteiger partial charge in [-0.05, 0) is 55.0 Å². The van der Waals surface area contributed by atoms with Gasteiger partial charge in [0.1, 0.15) is 17.0 Å². The smallest absolute Gasteiger partial charge is 0.271 e. The van der Waals surface area contributed by atoms with Crippen molar-refractivity contribution in [2.75, 3.05) is 13.1 Å². The van der Waals surface area contributed by atoms with Gasteiger partial charge in [0, 0.05) is 13.1 Å². The van der Waals surface area contributed by atoms with Crippen LogP contribution in [0.3, 0.4) is 0 Å².